The van der Waals surface area contributed by atoms with Gasteiger partial charge in [-0.25, -0.2) is 22.6 Å². The number of hydrogen-bond acceptors (Lipinski definition) is 5. The molecule has 2 aromatic heterocycles. The second-order valence-corrected chi connectivity index (χ2v) is 5.36. The Bertz CT molecular complexity index is 764. The number of hydrogen-bond donors (Lipinski definition) is 2. The molecule has 2 rings (SSSR count). The number of carbonyl (C=O) groups is 1. The topological polar surface area (TPSA) is 109 Å². The molecule has 0 unspecified atom stereocenters. The van der Waals surface area contributed by atoms with Gasteiger partial charge in [-0.1, -0.05) is 0 Å². The molecule has 0 aliphatic carbocycles. The first kappa shape index (κ1) is 13.9. The van der Waals surface area contributed by atoms with Crippen LogP contribution in [0.25, 0.3) is 0 Å². The van der Waals surface area contributed by atoms with Crippen molar-refractivity contribution in [3.05, 3.63) is 48.3 Å². The number of sulfonamides is 1. The molecule has 2 heterocycles. The fraction of sp³-hybridized carbons (Fsp3) is 0. The molecule has 9 heteroatoms. The van der Waals surface area contributed by atoms with Crippen molar-refractivity contribution in [2.75, 3.05) is 4.72 Å². The first-order valence-corrected chi connectivity index (χ1v) is 6.69. The summed E-state index contributed by atoms with van der Waals surface area (Å²) in [4.78, 5) is 17.4. The van der Waals surface area contributed by atoms with Gasteiger partial charge < -0.3 is 5.11 Å². The number of nitrogens with one attached hydrogen (secondary N) is 1. The van der Waals surface area contributed by atoms with E-state index in [1.807, 2.05) is 0 Å². The number of nitrogens with zero attached hydrogens (tertiary/aromatic N) is 2. The molecule has 0 radical (unpaired) electrons. The molecule has 20 heavy (non-hydrogen) atoms. The standard InChI is InChI=1S/C11H8FN3O4S/c12-7-3-9(6-13-5-7)20(18,19)15-8-1-2-14-10(4-8)11(16)17/h1-6H,(H,14,15)(H,16,17). The average molecular weight is 297 g/mol. The Morgan fingerprint density at radius 1 is 1.30 bits per heavy atom. The third-order valence-electron chi connectivity index (χ3n) is 2.22. The first-order chi connectivity index (χ1) is 9.38. The fourth-order valence-corrected chi connectivity index (χ4v) is 2.39. The van der Waals surface area contributed by atoms with Crippen LogP contribution in [0, 0.1) is 5.82 Å². The Morgan fingerprint density at radius 3 is 2.70 bits per heavy atom. The third kappa shape index (κ3) is 3.06. The Hall–Kier alpha value is -2.55. The Balaban J connectivity index is 2.33. The summed E-state index contributed by atoms with van der Waals surface area (Å²) in [7, 11) is -4.05. The van der Waals surface area contributed by atoms with E-state index in [0.29, 0.717) is 0 Å². The first-order valence-electron chi connectivity index (χ1n) is 5.21. The number of aromatic carboxylic acids is 1. The summed E-state index contributed by atoms with van der Waals surface area (Å²) in [6, 6.07) is 3.12. The molecular formula is C11H8FN3O4S. The van der Waals surface area contributed by atoms with Crippen LogP contribution in [0.2, 0.25) is 0 Å². The van der Waals surface area contributed by atoms with E-state index in [4.69, 9.17) is 5.11 Å². The number of halogens is 1. The maximum atomic E-state index is 13.0. The molecule has 0 spiro atoms. The maximum Gasteiger partial charge on any atom is 0.354 e. The molecule has 0 amide bonds. The molecule has 0 saturated carbocycles. The van der Waals surface area contributed by atoms with Crippen LogP contribution in [-0.2, 0) is 10.0 Å². The molecule has 0 atom stereocenters. The number of aromatic nitrogens is 2. The number of carboxylic acids is 1. The Morgan fingerprint density at radius 2 is 2.05 bits per heavy atom. The van der Waals surface area contributed by atoms with Crippen LogP contribution in [0.1, 0.15) is 10.5 Å². The van der Waals surface area contributed by atoms with Crippen LogP contribution in [0.3, 0.4) is 0 Å². The van der Waals surface area contributed by atoms with Crippen LogP contribution in [0.15, 0.2) is 41.7 Å². The molecule has 104 valence electrons. The molecule has 0 saturated heterocycles. The van der Waals surface area contributed by atoms with Gasteiger partial charge in [0, 0.05) is 12.4 Å². The molecule has 0 bridgehead atoms. The summed E-state index contributed by atoms with van der Waals surface area (Å²) in [5.41, 5.74) is -0.316. The summed E-state index contributed by atoms with van der Waals surface area (Å²) in [5.74, 6) is -2.09. The van der Waals surface area contributed by atoms with Crippen molar-refractivity contribution in [1.82, 2.24) is 9.97 Å². The van der Waals surface area contributed by atoms with Crippen molar-refractivity contribution in [2.24, 2.45) is 0 Å². The highest BCUT2D eigenvalue weighted by molar-refractivity contribution is 7.92. The largest absolute Gasteiger partial charge is 0.477 e. The van der Waals surface area contributed by atoms with E-state index in [-0.39, 0.29) is 16.3 Å². The highest BCUT2D eigenvalue weighted by Gasteiger charge is 2.16. The van der Waals surface area contributed by atoms with Crippen molar-refractivity contribution in [2.45, 2.75) is 4.90 Å². The summed E-state index contributed by atoms with van der Waals surface area (Å²) < 4.78 is 39.0. The zero-order chi connectivity index (χ0) is 14.8. The second-order valence-electron chi connectivity index (χ2n) is 3.68. The lowest BCUT2D eigenvalue weighted by atomic mass is 10.3. The van der Waals surface area contributed by atoms with E-state index in [2.05, 4.69) is 14.7 Å². The number of pyridine rings is 2. The summed E-state index contributed by atoms with van der Waals surface area (Å²) in [6.45, 7) is 0. The van der Waals surface area contributed by atoms with Crippen LogP contribution in [0.5, 0.6) is 0 Å². The van der Waals surface area contributed by atoms with Crippen LogP contribution < -0.4 is 4.72 Å². The van der Waals surface area contributed by atoms with Gasteiger partial charge in [0.25, 0.3) is 10.0 Å². The lowest BCUT2D eigenvalue weighted by molar-refractivity contribution is 0.0690. The monoisotopic (exact) mass is 297 g/mol. The normalized spacial score (nSPS) is 11.1. The van der Waals surface area contributed by atoms with Gasteiger partial charge in [0.15, 0.2) is 0 Å². The van der Waals surface area contributed by atoms with E-state index >= 15 is 0 Å². The average Bonchev–Trinajstić information content (AvgIpc) is 2.38. The minimum Gasteiger partial charge on any atom is -0.477 e. The minimum absolute atomic E-state index is 0.00154. The predicted octanol–water partition coefficient (Wildman–Crippen LogP) is 1.11. The van der Waals surface area contributed by atoms with E-state index in [0.717, 1.165) is 30.7 Å². The molecule has 2 N–H and O–H groups in total. The fourth-order valence-electron chi connectivity index (χ4n) is 1.36. The van der Waals surface area contributed by atoms with Crippen molar-refractivity contribution < 1.29 is 22.7 Å². The van der Waals surface area contributed by atoms with E-state index in [1.54, 1.807) is 0 Å². The molecule has 2 aromatic rings. The number of anilines is 1. The SMILES string of the molecule is O=C(O)c1cc(NS(=O)(=O)c2cncc(F)c2)ccn1. The van der Waals surface area contributed by atoms with E-state index in [9.17, 15) is 17.6 Å². The Kier molecular flexibility index (Phi) is 3.61. The minimum atomic E-state index is -4.05. The van der Waals surface area contributed by atoms with E-state index in [1.165, 1.54) is 6.07 Å². The zero-order valence-electron chi connectivity index (χ0n) is 9.82. The van der Waals surface area contributed by atoms with Crippen molar-refractivity contribution in [3.8, 4) is 0 Å². The molecule has 0 fully saturated rings. The van der Waals surface area contributed by atoms with Crippen molar-refractivity contribution in [3.63, 3.8) is 0 Å². The van der Waals surface area contributed by atoms with Crippen molar-refractivity contribution >= 4 is 21.7 Å². The van der Waals surface area contributed by atoms with Crippen LogP contribution in [0.4, 0.5) is 10.1 Å². The summed E-state index contributed by atoms with van der Waals surface area (Å²) >= 11 is 0. The van der Waals surface area contributed by atoms with Gasteiger partial charge in [-0.05, 0) is 18.2 Å². The Labute approximate surface area is 113 Å². The van der Waals surface area contributed by atoms with Crippen LogP contribution >= 0.6 is 0 Å². The highest BCUT2D eigenvalue weighted by atomic mass is 32.2. The van der Waals surface area contributed by atoms with Gasteiger partial charge in [-0.3, -0.25) is 9.71 Å². The van der Waals surface area contributed by atoms with Gasteiger partial charge in [-0.15, -0.1) is 0 Å². The smallest absolute Gasteiger partial charge is 0.354 e. The van der Waals surface area contributed by atoms with Crippen LogP contribution in [-0.4, -0.2) is 29.5 Å². The predicted molar refractivity (Wildman–Crippen MR) is 66.2 cm³/mol. The quantitative estimate of drug-likeness (QED) is 0.875. The van der Waals surface area contributed by atoms with Gasteiger partial charge in [0.05, 0.1) is 11.9 Å². The molecule has 7 nitrogen and oxygen atoms in total. The number of rotatable bonds is 4. The second kappa shape index (κ2) is 5.21. The van der Waals surface area contributed by atoms with Gasteiger partial charge in [0.1, 0.15) is 16.4 Å². The van der Waals surface area contributed by atoms with Gasteiger partial charge in [-0.2, -0.15) is 0 Å². The summed E-state index contributed by atoms with van der Waals surface area (Å²) in [5, 5.41) is 8.76. The maximum absolute atomic E-state index is 13.0. The van der Waals surface area contributed by atoms with Gasteiger partial charge in [0.2, 0.25) is 0 Å². The summed E-state index contributed by atoms with van der Waals surface area (Å²) in [6.07, 6.45) is 2.99. The highest BCUT2D eigenvalue weighted by Crippen LogP contribution is 2.16. The van der Waals surface area contributed by atoms with Crippen molar-refractivity contribution in [1.29, 1.82) is 0 Å². The molecule has 0 aromatic carbocycles. The molecular weight excluding hydrogens is 289 g/mol. The molecule has 0 aliphatic heterocycles. The third-order valence-corrected chi connectivity index (χ3v) is 3.57. The zero-order valence-corrected chi connectivity index (χ0v) is 10.6. The number of carboxylic acid groups (broad SMARTS) is 1. The van der Waals surface area contributed by atoms with Gasteiger partial charge >= 0.3 is 5.97 Å². The lowest BCUT2D eigenvalue weighted by Crippen LogP contribution is -2.14. The van der Waals surface area contributed by atoms with E-state index < -0.39 is 21.8 Å². The molecule has 0 aliphatic rings. The lowest BCUT2D eigenvalue weighted by Gasteiger charge is -2.07.